The quantitative estimate of drug-likeness (QED) is 0.0573. The van der Waals surface area contributed by atoms with Gasteiger partial charge >= 0.3 is 0 Å². The van der Waals surface area contributed by atoms with Crippen molar-refractivity contribution in [3.8, 4) is 0 Å². The van der Waals surface area contributed by atoms with Gasteiger partial charge in [-0.2, -0.15) is 0 Å². The largest absolute Gasteiger partial charge is 0.274 e. The highest BCUT2D eigenvalue weighted by molar-refractivity contribution is 6.41. The van der Waals surface area contributed by atoms with Crippen LogP contribution in [0, 0.1) is 5.92 Å². The smallest absolute Gasteiger partial charge is 0.261 e. The molecule has 0 fully saturated rings. The summed E-state index contributed by atoms with van der Waals surface area (Å²) in [5.74, 6) is -0.616. The molecule has 236 valence electrons. The molecule has 0 N–H and O–H groups in total. The van der Waals surface area contributed by atoms with Gasteiger partial charge < -0.3 is 0 Å². The second kappa shape index (κ2) is 12.1. The Kier molecular flexibility index (Phi) is 8.00. The summed E-state index contributed by atoms with van der Waals surface area (Å²) in [5, 5.41) is 6.88. The molecule has 4 amide bonds. The molecule has 6 heteroatoms. The maximum absolute atomic E-state index is 14.1. The van der Waals surface area contributed by atoms with E-state index >= 15 is 0 Å². The number of imide groups is 2. The average Bonchev–Trinajstić information content (AvgIpc) is 3.07. The second-order valence-corrected chi connectivity index (χ2v) is 13.3. The van der Waals surface area contributed by atoms with Crippen LogP contribution in [-0.4, -0.2) is 46.5 Å². The van der Waals surface area contributed by atoms with Crippen molar-refractivity contribution in [1.29, 1.82) is 0 Å². The van der Waals surface area contributed by atoms with E-state index in [0.717, 1.165) is 77.3 Å². The molecule has 5 aromatic rings. The fourth-order valence-electron chi connectivity index (χ4n) is 7.99. The summed E-state index contributed by atoms with van der Waals surface area (Å²) in [6, 6.07) is 15.4. The maximum Gasteiger partial charge on any atom is 0.261 e. The molecule has 0 saturated heterocycles. The summed E-state index contributed by atoms with van der Waals surface area (Å²) >= 11 is 0. The van der Waals surface area contributed by atoms with Crippen molar-refractivity contribution in [2.45, 2.75) is 85.0 Å². The molecule has 0 aliphatic carbocycles. The summed E-state index contributed by atoms with van der Waals surface area (Å²) in [5.41, 5.74) is 2.24. The van der Waals surface area contributed by atoms with Gasteiger partial charge in [0.05, 0.1) is 0 Å². The molecule has 46 heavy (non-hydrogen) atoms. The Labute approximate surface area is 270 Å². The Morgan fingerprint density at radius 2 is 0.870 bits per heavy atom. The van der Waals surface area contributed by atoms with Crippen LogP contribution in [0.3, 0.4) is 0 Å². The predicted molar refractivity (Wildman–Crippen MR) is 185 cm³/mol. The Morgan fingerprint density at radius 3 is 1.30 bits per heavy atom. The van der Waals surface area contributed by atoms with Gasteiger partial charge in [-0.15, -0.1) is 0 Å². The summed E-state index contributed by atoms with van der Waals surface area (Å²) in [6.45, 7) is 7.31. The third kappa shape index (κ3) is 4.59. The lowest BCUT2D eigenvalue weighted by atomic mass is 9.82. The topological polar surface area (TPSA) is 74.8 Å². The van der Waals surface area contributed by atoms with Crippen LogP contribution in [0.2, 0.25) is 0 Å². The molecule has 7 rings (SSSR count). The summed E-state index contributed by atoms with van der Waals surface area (Å²) < 4.78 is 0. The van der Waals surface area contributed by atoms with Crippen molar-refractivity contribution in [2.24, 2.45) is 5.92 Å². The minimum atomic E-state index is -0.246. The minimum absolute atomic E-state index is 0.212. The minimum Gasteiger partial charge on any atom is -0.274 e. The molecule has 0 aromatic heterocycles. The normalized spacial score (nSPS) is 15.5. The lowest BCUT2D eigenvalue weighted by molar-refractivity contribution is 0.0571. The molecule has 0 bridgehead atoms. The Bertz CT molecular complexity index is 1920. The fourth-order valence-corrected chi connectivity index (χ4v) is 7.99. The van der Waals surface area contributed by atoms with Gasteiger partial charge in [0.15, 0.2) is 0 Å². The van der Waals surface area contributed by atoms with Crippen LogP contribution in [0.5, 0.6) is 0 Å². The van der Waals surface area contributed by atoms with Gasteiger partial charge in [0, 0.05) is 46.1 Å². The number of carbonyl (C=O) groups excluding carboxylic acids is 4. The Morgan fingerprint density at radius 1 is 0.457 bits per heavy atom. The Hall–Kier alpha value is -4.32. The summed E-state index contributed by atoms with van der Waals surface area (Å²) in [4.78, 5) is 58.2. The molecule has 0 saturated carbocycles. The summed E-state index contributed by atoms with van der Waals surface area (Å²) in [7, 11) is 0. The van der Waals surface area contributed by atoms with Gasteiger partial charge in [0.1, 0.15) is 0 Å². The van der Waals surface area contributed by atoms with Crippen molar-refractivity contribution in [2.75, 3.05) is 13.1 Å². The lowest BCUT2D eigenvalue weighted by Gasteiger charge is -2.32. The van der Waals surface area contributed by atoms with E-state index in [0.29, 0.717) is 52.0 Å². The van der Waals surface area contributed by atoms with Crippen molar-refractivity contribution in [3.05, 3.63) is 70.8 Å². The second-order valence-electron chi connectivity index (χ2n) is 13.3. The number of nitrogens with zero attached hydrogens (tertiary/aromatic N) is 2. The molecular weight excluding hydrogens is 572 g/mol. The highest BCUT2D eigenvalue weighted by Gasteiger charge is 2.37. The van der Waals surface area contributed by atoms with E-state index in [9.17, 15) is 19.2 Å². The van der Waals surface area contributed by atoms with Crippen molar-refractivity contribution >= 4 is 66.7 Å². The third-order valence-electron chi connectivity index (χ3n) is 10.4. The number of amides is 4. The zero-order chi connectivity index (χ0) is 32.1. The van der Waals surface area contributed by atoms with E-state index < -0.39 is 0 Å². The zero-order valence-electron chi connectivity index (χ0n) is 27.2. The molecule has 1 unspecified atom stereocenters. The molecule has 2 aliphatic rings. The van der Waals surface area contributed by atoms with E-state index in [2.05, 4.69) is 13.8 Å². The van der Waals surface area contributed by atoms with Crippen molar-refractivity contribution < 1.29 is 19.2 Å². The van der Waals surface area contributed by atoms with Crippen LogP contribution in [0.1, 0.15) is 126 Å². The first-order chi connectivity index (χ1) is 22.4. The van der Waals surface area contributed by atoms with Crippen LogP contribution in [0.25, 0.3) is 43.1 Å². The number of carbonyl (C=O) groups is 4. The number of rotatable bonds is 13. The van der Waals surface area contributed by atoms with Crippen LogP contribution < -0.4 is 0 Å². The highest BCUT2D eigenvalue weighted by atomic mass is 16.2. The fraction of sp³-hybridized carbons (Fsp3) is 0.400. The van der Waals surface area contributed by atoms with E-state index in [1.165, 1.54) is 29.1 Å². The monoisotopic (exact) mass is 614 g/mol. The van der Waals surface area contributed by atoms with Gasteiger partial charge in [-0.05, 0) is 81.8 Å². The maximum atomic E-state index is 14.1. The van der Waals surface area contributed by atoms with Gasteiger partial charge in [-0.1, -0.05) is 90.0 Å². The number of hydrogen-bond acceptors (Lipinski definition) is 4. The first-order valence-electron chi connectivity index (χ1n) is 17.3. The van der Waals surface area contributed by atoms with Gasteiger partial charge in [0.2, 0.25) is 0 Å². The van der Waals surface area contributed by atoms with E-state index in [-0.39, 0.29) is 23.6 Å². The van der Waals surface area contributed by atoms with Crippen LogP contribution in [0.4, 0.5) is 0 Å². The molecule has 0 radical (unpaired) electrons. The third-order valence-corrected chi connectivity index (χ3v) is 10.4. The van der Waals surface area contributed by atoms with Gasteiger partial charge in [0.25, 0.3) is 23.6 Å². The van der Waals surface area contributed by atoms with E-state index in [1.54, 1.807) is 0 Å². The molecule has 2 aliphatic heterocycles. The number of fused-ring (bicyclic) bond motifs is 2. The summed E-state index contributed by atoms with van der Waals surface area (Å²) in [6.07, 6.45) is 10.6. The van der Waals surface area contributed by atoms with E-state index in [1.807, 2.05) is 55.5 Å². The first-order valence-corrected chi connectivity index (χ1v) is 17.3. The molecular formula is C40H42N2O4. The van der Waals surface area contributed by atoms with Crippen molar-refractivity contribution in [3.63, 3.8) is 0 Å². The lowest BCUT2D eigenvalue weighted by Crippen LogP contribution is -2.43. The van der Waals surface area contributed by atoms with E-state index in [4.69, 9.17) is 0 Å². The van der Waals surface area contributed by atoms with Crippen LogP contribution in [-0.2, 0) is 0 Å². The molecule has 6 nitrogen and oxygen atoms in total. The average molecular weight is 615 g/mol. The Balaban J connectivity index is 1.35. The standard InChI is InChI=1S/C40H42N2O4/c1-4-7-10-11-13-24(12-8-5-2)23-42-39(45)31-20-16-27-25-14-18-29-35-30(38(44)41(37(29)43)22-9-6-3)19-15-26(33(25)35)28-17-21-32(40(42)46)36(31)34(27)28/h14-21,24H,4-13,22-23H2,1-3H3. The van der Waals surface area contributed by atoms with Gasteiger partial charge in [-0.25, -0.2) is 0 Å². The zero-order valence-corrected chi connectivity index (χ0v) is 27.2. The number of benzene rings is 5. The molecule has 5 aromatic carbocycles. The van der Waals surface area contributed by atoms with Gasteiger partial charge in [-0.3, -0.25) is 29.0 Å². The number of hydrogen-bond donors (Lipinski definition) is 0. The van der Waals surface area contributed by atoms with Crippen molar-refractivity contribution in [1.82, 2.24) is 9.80 Å². The number of unbranched alkanes of at least 4 members (excludes halogenated alkanes) is 5. The molecule has 0 spiro atoms. The first kappa shape index (κ1) is 30.3. The SMILES string of the molecule is CCCCCCC(CCCC)CN1C(=O)c2ccc3c4ccc5c6c(ccc(c7ccc(c2c37)C1=O)c64)C(=O)N(CCCC)C5=O. The molecule has 1 atom stereocenters. The molecule has 2 heterocycles. The highest BCUT2D eigenvalue weighted by Crippen LogP contribution is 2.46. The van der Waals surface area contributed by atoms with Crippen LogP contribution >= 0.6 is 0 Å². The van der Waals surface area contributed by atoms with Crippen LogP contribution in [0.15, 0.2) is 48.5 Å². The predicted octanol–water partition coefficient (Wildman–Crippen LogP) is 9.51.